The van der Waals surface area contributed by atoms with E-state index in [-0.39, 0.29) is 11.9 Å². The van der Waals surface area contributed by atoms with E-state index in [0.717, 1.165) is 37.4 Å². The normalized spacial score (nSPS) is 17.2. The Morgan fingerprint density at radius 3 is 2.56 bits per heavy atom. The molecular formula is C21H26N2O2. The highest BCUT2D eigenvalue weighted by molar-refractivity contribution is 5.94. The van der Waals surface area contributed by atoms with Crippen molar-refractivity contribution in [3.8, 4) is 5.75 Å². The maximum absolute atomic E-state index is 12.8. The lowest BCUT2D eigenvalue weighted by Crippen LogP contribution is -2.45. The minimum Gasteiger partial charge on any atom is -0.497 e. The monoisotopic (exact) mass is 338 g/mol. The van der Waals surface area contributed by atoms with Crippen LogP contribution >= 0.6 is 0 Å². The summed E-state index contributed by atoms with van der Waals surface area (Å²) in [5.74, 6) is 0.860. The number of hydrogen-bond donors (Lipinski definition) is 1. The van der Waals surface area contributed by atoms with Crippen LogP contribution in [0, 0.1) is 13.8 Å². The highest BCUT2D eigenvalue weighted by Crippen LogP contribution is 2.21. The standard InChI is InChI=1S/C21H26N2O2/c1-15-6-9-18(13-16(15)2)22-19-5-4-12-23(14-19)21(24)17-7-10-20(25-3)11-8-17/h6-11,13,19,22H,4-5,12,14H2,1-3H3/t19-/m0/s1. The molecule has 0 bridgehead atoms. The molecule has 25 heavy (non-hydrogen) atoms. The Morgan fingerprint density at radius 1 is 1.12 bits per heavy atom. The lowest BCUT2D eigenvalue weighted by Gasteiger charge is -2.34. The van der Waals surface area contributed by atoms with Gasteiger partial charge in [0.15, 0.2) is 0 Å². The molecule has 0 unspecified atom stereocenters. The largest absolute Gasteiger partial charge is 0.497 e. The van der Waals surface area contributed by atoms with Gasteiger partial charge in [-0.15, -0.1) is 0 Å². The van der Waals surface area contributed by atoms with E-state index in [9.17, 15) is 4.79 Å². The molecule has 4 heteroatoms. The van der Waals surface area contributed by atoms with Gasteiger partial charge >= 0.3 is 0 Å². The van der Waals surface area contributed by atoms with Crippen molar-refractivity contribution >= 4 is 11.6 Å². The molecule has 0 aromatic heterocycles. The summed E-state index contributed by atoms with van der Waals surface area (Å²) >= 11 is 0. The number of nitrogens with one attached hydrogen (secondary N) is 1. The van der Waals surface area contributed by atoms with E-state index < -0.39 is 0 Å². The highest BCUT2D eigenvalue weighted by Gasteiger charge is 2.24. The van der Waals surface area contributed by atoms with E-state index in [1.807, 2.05) is 29.2 Å². The molecule has 1 fully saturated rings. The van der Waals surface area contributed by atoms with Crippen LogP contribution in [0.3, 0.4) is 0 Å². The van der Waals surface area contributed by atoms with E-state index in [0.29, 0.717) is 5.56 Å². The van der Waals surface area contributed by atoms with E-state index in [2.05, 4.69) is 37.4 Å². The first-order valence-electron chi connectivity index (χ1n) is 8.84. The number of hydrogen-bond acceptors (Lipinski definition) is 3. The van der Waals surface area contributed by atoms with Crippen molar-refractivity contribution in [3.63, 3.8) is 0 Å². The predicted octanol–water partition coefficient (Wildman–Crippen LogP) is 4.03. The average molecular weight is 338 g/mol. The molecule has 0 radical (unpaired) electrons. The zero-order valence-corrected chi connectivity index (χ0v) is 15.2. The summed E-state index contributed by atoms with van der Waals surface area (Å²) in [6, 6.07) is 14.1. The van der Waals surface area contributed by atoms with Crippen LogP contribution in [0.2, 0.25) is 0 Å². The molecule has 1 N–H and O–H groups in total. The maximum atomic E-state index is 12.8. The number of carbonyl (C=O) groups is 1. The second-order valence-electron chi connectivity index (χ2n) is 6.76. The van der Waals surface area contributed by atoms with Crippen LogP contribution in [0.1, 0.15) is 34.3 Å². The third-order valence-electron chi connectivity index (χ3n) is 4.92. The summed E-state index contributed by atoms with van der Waals surface area (Å²) in [5.41, 5.74) is 4.43. The molecule has 2 aromatic rings. The fourth-order valence-electron chi connectivity index (χ4n) is 3.26. The van der Waals surface area contributed by atoms with Crippen LogP contribution < -0.4 is 10.1 Å². The van der Waals surface area contributed by atoms with Crippen molar-refractivity contribution in [3.05, 3.63) is 59.2 Å². The molecule has 1 aliphatic heterocycles. The number of amides is 1. The van der Waals surface area contributed by atoms with Crippen molar-refractivity contribution in [2.24, 2.45) is 0 Å². The van der Waals surface area contributed by atoms with E-state index >= 15 is 0 Å². The molecule has 3 rings (SSSR count). The molecule has 0 saturated carbocycles. The first kappa shape index (κ1) is 17.3. The minimum atomic E-state index is 0.0919. The number of benzene rings is 2. The fraction of sp³-hybridized carbons (Fsp3) is 0.381. The maximum Gasteiger partial charge on any atom is 0.253 e. The van der Waals surface area contributed by atoms with Crippen LogP contribution in [0.4, 0.5) is 5.69 Å². The fourth-order valence-corrected chi connectivity index (χ4v) is 3.26. The second-order valence-corrected chi connectivity index (χ2v) is 6.76. The Morgan fingerprint density at radius 2 is 1.88 bits per heavy atom. The zero-order chi connectivity index (χ0) is 17.8. The Balaban J connectivity index is 1.65. The third-order valence-corrected chi connectivity index (χ3v) is 4.92. The molecule has 1 saturated heterocycles. The Kier molecular flexibility index (Phi) is 5.27. The smallest absolute Gasteiger partial charge is 0.253 e. The van der Waals surface area contributed by atoms with Gasteiger partial charge in [0.05, 0.1) is 7.11 Å². The summed E-state index contributed by atoms with van der Waals surface area (Å²) < 4.78 is 5.16. The number of carbonyl (C=O) groups excluding carboxylic acids is 1. The van der Waals surface area contributed by atoms with Crippen molar-refractivity contribution in [1.82, 2.24) is 4.90 Å². The molecule has 0 aliphatic carbocycles. The highest BCUT2D eigenvalue weighted by atomic mass is 16.5. The first-order valence-corrected chi connectivity index (χ1v) is 8.84. The zero-order valence-electron chi connectivity index (χ0n) is 15.2. The molecule has 2 aromatic carbocycles. The summed E-state index contributed by atoms with van der Waals surface area (Å²) in [7, 11) is 1.63. The molecule has 0 spiro atoms. The van der Waals surface area contributed by atoms with Crippen LogP contribution in [0.25, 0.3) is 0 Å². The third kappa shape index (κ3) is 4.13. The van der Waals surface area contributed by atoms with Gasteiger partial charge in [0.1, 0.15) is 5.75 Å². The summed E-state index contributed by atoms with van der Waals surface area (Å²) in [6.45, 7) is 5.80. The van der Waals surface area contributed by atoms with Crippen molar-refractivity contribution in [1.29, 1.82) is 0 Å². The summed E-state index contributed by atoms with van der Waals surface area (Å²) in [4.78, 5) is 14.7. The quantitative estimate of drug-likeness (QED) is 0.915. The van der Waals surface area contributed by atoms with Gasteiger partial charge < -0.3 is 15.0 Å². The molecule has 1 heterocycles. The number of likely N-dealkylation sites (tertiary alicyclic amines) is 1. The SMILES string of the molecule is COc1ccc(C(=O)N2CCC[C@H](Nc3ccc(C)c(C)c3)C2)cc1. The molecule has 1 aliphatic rings. The summed E-state index contributed by atoms with van der Waals surface area (Å²) in [6.07, 6.45) is 2.10. The van der Waals surface area contributed by atoms with Gasteiger partial charge in [-0.2, -0.15) is 0 Å². The first-order chi connectivity index (χ1) is 12.1. The van der Waals surface area contributed by atoms with E-state index in [1.54, 1.807) is 7.11 Å². The Bertz CT molecular complexity index is 740. The van der Waals surface area contributed by atoms with Gasteiger partial charge in [-0.05, 0) is 74.2 Å². The van der Waals surface area contributed by atoms with Crippen molar-refractivity contribution in [2.45, 2.75) is 32.7 Å². The lowest BCUT2D eigenvalue weighted by molar-refractivity contribution is 0.0715. The Hall–Kier alpha value is -2.49. The number of aryl methyl sites for hydroxylation is 2. The van der Waals surface area contributed by atoms with E-state index in [4.69, 9.17) is 4.74 Å². The van der Waals surface area contributed by atoms with Crippen LogP contribution in [-0.4, -0.2) is 37.0 Å². The Labute approximate surface area is 149 Å². The molecular weight excluding hydrogens is 312 g/mol. The van der Waals surface area contributed by atoms with Crippen LogP contribution in [-0.2, 0) is 0 Å². The average Bonchev–Trinajstić information content (AvgIpc) is 2.64. The number of nitrogens with zero attached hydrogens (tertiary/aromatic N) is 1. The van der Waals surface area contributed by atoms with E-state index in [1.165, 1.54) is 11.1 Å². The number of rotatable bonds is 4. The van der Waals surface area contributed by atoms with Gasteiger partial charge in [0.2, 0.25) is 0 Å². The lowest BCUT2D eigenvalue weighted by atomic mass is 10.0. The number of anilines is 1. The van der Waals surface area contributed by atoms with Crippen molar-refractivity contribution in [2.75, 3.05) is 25.5 Å². The number of ether oxygens (including phenoxy) is 1. The summed E-state index contributed by atoms with van der Waals surface area (Å²) in [5, 5.41) is 3.59. The molecule has 1 atom stereocenters. The molecule has 4 nitrogen and oxygen atoms in total. The van der Waals surface area contributed by atoms with Gasteiger partial charge in [-0.25, -0.2) is 0 Å². The number of methoxy groups -OCH3 is 1. The topological polar surface area (TPSA) is 41.6 Å². The van der Waals surface area contributed by atoms with Gasteiger partial charge in [-0.3, -0.25) is 4.79 Å². The second kappa shape index (κ2) is 7.60. The minimum absolute atomic E-state index is 0.0919. The van der Waals surface area contributed by atoms with Gasteiger partial charge in [-0.1, -0.05) is 6.07 Å². The molecule has 132 valence electrons. The van der Waals surface area contributed by atoms with Crippen LogP contribution in [0.5, 0.6) is 5.75 Å². The van der Waals surface area contributed by atoms with Gasteiger partial charge in [0, 0.05) is 30.4 Å². The van der Waals surface area contributed by atoms with Gasteiger partial charge in [0.25, 0.3) is 5.91 Å². The molecule has 1 amide bonds. The predicted molar refractivity (Wildman–Crippen MR) is 101 cm³/mol. The van der Waals surface area contributed by atoms with Crippen LogP contribution in [0.15, 0.2) is 42.5 Å². The van der Waals surface area contributed by atoms with Crippen molar-refractivity contribution < 1.29 is 9.53 Å². The number of piperidine rings is 1.